The average molecular weight is 521 g/mol. The number of ether oxygens (including phenoxy) is 2. The summed E-state index contributed by atoms with van der Waals surface area (Å²) in [5, 5.41) is 12.8. The Kier molecular flexibility index (Phi) is 9.50. The molecule has 1 N–H and O–H groups in total. The number of nitrogens with zero attached hydrogens (tertiary/aromatic N) is 2. The first-order valence-electron chi connectivity index (χ1n) is 12.0. The van der Waals surface area contributed by atoms with Crippen LogP contribution in [-0.4, -0.2) is 21.9 Å². The van der Waals surface area contributed by atoms with E-state index in [9.17, 15) is 14.4 Å². The highest BCUT2D eigenvalue weighted by Crippen LogP contribution is 2.22. The number of carbonyl (C=O) groups is 1. The van der Waals surface area contributed by atoms with Crippen molar-refractivity contribution in [2.75, 3.05) is 0 Å². The number of benzene rings is 3. The first-order chi connectivity index (χ1) is 19.1. The van der Waals surface area contributed by atoms with Crippen LogP contribution in [0.25, 0.3) is 17.9 Å². The number of hydrogen-bond acceptors (Lipinski definition) is 6. The van der Waals surface area contributed by atoms with Crippen molar-refractivity contribution in [2.45, 2.75) is 6.61 Å². The van der Waals surface area contributed by atoms with Gasteiger partial charge < -0.3 is 14.7 Å². The molecule has 0 unspecified atom stereocenters. The van der Waals surface area contributed by atoms with E-state index in [1.807, 2.05) is 36.4 Å². The number of halogens is 1. The van der Waals surface area contributed by atoms with Gasteiger partial charge >= 0.3 is 0 Å². The van der Waals surface area contributed by atoms with E-state index in [0.29, 0.717) is 22.6 Å². The van der Waals surface area contributed by atoms with Gasteiger partial charge in [-0.25, -0.2) is 4.39 Å². The summed E-state index contributed by atoms with van der Waals surface area (Å²) in [6, 6.07) is 27.8. The van der Waals surface area contributed by atoms with Crippen molar-refractivity contribution < 1.29 is 23.9 Å². The fraction of sp³-hybridized carbons (Fsp3) is 0.0312. The first-order valence-corrected chi connectivity index (χ1v) is 12.0. The molecule has 194 valence electrons. The lowest BCUT2D eigenvalue weighted by atomic mass is 10.1. The number of carbonyl (C=O) groups excluding carboxylic acids is 1. The molecule has 0 bridgehead atoms. The molecule has 6 nitrogen and oxygen atoms in total. The van der Waals surface area contributed by atoms with Crippen LogP contribution in [0.3, 0.4) is 0 Å². The van der Waals surface area contributed by atoms with Crippen LogP contribution < -0.4 is 4.74 Å². The summed E-state index contributed by atoms with van der Waals surface area (Å²) >= 11 is 0. The molecule has 0 fully saturated rings. The summed E-state index contributed by atoms with van der Waals surface area (Å²) in [6.07, 6.45) is 9.11. The van der Waals surface area contributed by atoms with Crippen molar-refractivity contribution in [2.24, 2.45) is 5.16 Å². The summed E-state index contributed by atoms with van der Waals surface area (Å²) in [4.78, 5) is 16.9. The molecule has 0 spiro atoms. The van der Waals surface area contributed by atoms with Gasteiger partial charge in [-0.1, -0.05) is 48.5 Å². The zero-order valence-corrected chi connectivity index (χ0v) is 20.9. The van der Waals surface area contributed by atoms with Gasteiger partial charge in [-0.2, -0.15) is 0 Å². The predicted molar refractivity (Wildman–Crippen MR) is 149 cm³/mol. The molecule has 4 aromatic rings. The first kappa shape index (κ1) is 26.8. The molecule has 1 heterocycles. The minimum Gasteiger partial charge on any atom is -0.489 e. The Morgan fingerprint density at radius 2 is 1.69 bits per heavy atom. The van der Waals surface area contributed by atoms with Crippen LogP contribution in [0.15, 0.2) is 127 Å². The number of pyridine rings is 1. The smallest absolute Gasteiger partial charge is 0.255 e. The zero-order valence-electron chi connectivity index (χ0n) is 20.9. The van der Waals surface area contributed by atoms with E-state index >= 15 is 0 Å². The highest BCUT2D eigenvalue weighted by atomic mass is 19.1. The minimum atomic E-state index is -0.355. The number of oxime groups is 1. The standard InChI is InChI=1S/C32H25FN2O4/c33-27-10-6-9-25(21-27)23-38-30-17-13-26(14-18-30)31(22-29(36)16-15-28-11-4-5-20-34-28)39-32(35-37)19-12-24-7-2-1-3-8-24/h1-22,37H,23H2/b16-15?,19-12+,31-22?,35-32?. The summed E-state index contributed by atoms with van der Waals surface area (Å²) < 4.78 is 25.0. The zero-order chi connectivity index (χ0) is 27.3. The van der Waals surface area contributed by atoms with Gasteiger partial charge in [-0.3, -0.25) is 9.78 Å². The van der Waals surface area contributed by atoms with E-state index in [0.717, 1.165) is 5.56 Å². The molecule has 7 heteroatoms. The van der Waals surface area contributed by atoms with Gasteiger partial charge in [-0.15, -0.1) is 0 Å². The third-order valence-electron chi connectivity index (χ3n) is 5.34. The third kappa shape index (κ3) is 8.65. The predicted octanol–water partition coefficient (Wildman–Crippen LogP) is 6.94. The number of rotatable bonds is 10. The molecule has 4 rings (SSSR count). The lowest BCUT2D eigenvalue weighted by molar-refractivity contribution is -0.110. The molecule has 0 atom stereocenters. The Bertz CT molecular complexity index is 1500. The van der Waals surface area contributed by atoms with E-state index in [4.69, 9.17) is 9.47 Å². The maximum atomic E-state index is 13.4. The van der Waals surface area contributed by atoms with Gasteiger partial charge in [0.05, 0.1) is 5.69 Å². The van der Waals surface area contributed by atoms with Crippen LogP contribution in [0.5, 0.6) is 5.75 Å². The molecule has 0 aliphatic carbocycles. The topological polar surface area (TPSA) is 81.0 Å². The number of hydrogen-bond donors (Lipinski definition) is 1. The van der Waals surface area contributed by atoms with E-state index in [1.165, 1.54) is 30.4 Å². The van der Waals surface area contributed by atoms with Crippen LogP contribution in [-0.2, 0) is 16.1 Å². The highest BCUT2D eigenvalue weighted by molar-refractivity contribution is 6.07. The molecule has 39 heavy (non-hydrogen) atoms. The molecular weight excluding hydrogens is 495 g/mol. The Hall–Kier alpha value is -5.30. The van der Waals surface area contributed by atoms with Crippen molar-refractivity contribution in [3.63, 3.8) is 0 Å². The van der Waals surface area contributed by atoms with Gasteiger partial charge in [0.25, 0.3) is 5.90 Å². The van der Waals surface area contributed by atoms with E-state index in [1.54, 1.807) is 66.9 Å². The van der Waals surface area contributed by atoms with E-state index in [-0.39, 0.29) is 29.9 Å². The van der Waals surface area contributed by atoms with E-state index < -0.39 is 0 Å². The van der Waals surface area contributed by atoms with Gasteiger partial charge in [0.1, 0.15) is 23.9 Å². The van der Waals surface area contributed by atoms with Crippen molar-refractivity contribution >= 4 is 29.6 Å². The quantitative estimate of drug-likeness (QED) is 0.0612. The van der Waals surface area contributed by atoms with Crippen molar-refractivity contribution in [3.05, 3.63) is 150 Å². The highest BCUT2D eigenvalue weighted by Gasteiger charge is 2.10. The molecular formula is C32H25FN2O4. The largest absolute Gasteiger partial charge is 0.489 e. The normalized spacial score (nSPS) is 12.1. The van der Waals surface area contributed by atoms with Crippen molar-refractivity contribution in [1.82, 2.24) is 4.98 Å². The lowest BCUT2D eigenvalue weighted by Gasteiger charge is -2.11. The minimum absolute atomic E-state index is 0.113. The van der Waals surface area contributed by atoms with Gasteiger partial charge in [0.2, 0.25) is 0 Å². The second-order valence-electron chi connectivity index (χ2n) is 8.23. The molecule has 0 saturated heterocycles. The van der Waals surface area contributed by atoms with Gasteiger partial charge in [0.15, 0.2) is 5.78 Å². The fourth-order valence-electron chi connectivity index (χ4n) is 3.43. The molecule has 0 aliphatic rings. The molecule has 0 saturated carbocycles. The molecule has 3 aromatic carbocycles. The SMILES string of the molecule is O=C(C=Cc1ccccn1)C=C(OC(/C=C/c1ccccc1)=NO)c1ccc(OCc2cccc(F)c2)cc1. The van der Waals surface area contributed by atoms with Crippen LogP contribution in [0.1, 0.15) is 22.4 Å². The van der Waals surface area contributed by atoms with Crippen molar-refractivity contribution in [3.8, 4) is 5.75 Å². The average Bonchev–Trinajstić information content (AvgIpc) is 2.98. The van der Waals surface area contributed by atoms with Gasteiger partial charge in [-0.05, 0) is 83.0 Å². The second-order valence-corrected chi connectivity index (χ2v) is 8.23. The number of aromatic nitrogens is 1. The molecule has 0 amide bonds. The third-order valence-corrected chi connectivity index (χ3v) is 5.34. The summed E-state index contributed by atoms with van der Waals surface area (Å²) in [7, 11) is 0. The van der Waals surface area contributed by atoms with Crippen molar-refractivity contribution in [1.29, 1.82) is 0 Å². The maximum Gasteiger partial charge on any atom is 0.255 e. The van der Waals surface area contributed by atoms with Crippen LogP contribution in [0, 0.1) is 5.82 Å². The lowest BCUT2D eigenvalue weighted by Crippen LogP contribution is -2.04. The van der Waals surface area contributed by atoms with Crippen LogP contribution in [0.2, 0.25) is 0 Å². The Morgan fingerprint density at radius 3 is 2.41 bits per heavy atom. The Balaban J connectivity index is 1.54. The van der Waals surface area contributed by atoms with E-state index in [2.05, 4.69) is 10.1 Å². The summed E-state index contributed by atoms with van der Waals surface area (Å²) in [5.41, 5.74) is 2.75. The maximum absolute atomic E-state index is 13.4. The Labute approximate surface area is 225 Å². The monoisotopic (exact) mass is 520 g/mol. The Morgan fingerprint density at radius 1 is 0.897 bits per heavy atom. The number of allylic oxidation sites excluding steroid dienone is 2. The molecule has 0 radical (unpaired) electrons. The second kappa shape index (κ2) is 13.9. The summed E-state index contributed by atoms with van der Waals surface area (Å²) in [6.45, 7) is 0.193. The van der Waals surface area contributed by atoms with Gasteiger partial charge in [0, 0.05) is 23.9 Å². The number of ketones is 1. The molecule has 1 aromatic heterocycles. The fourth-order valence-corrected chi connectivity index (χ4v) is 3.43. The van der Waals surface area contributed by atoms with Crippen LogP contribution >= 0.6 is 0 Å². The summed E-state index contributed by atoms with van der Waals surface area (Å²) in [5.74, 6) is -0.0936. The molecule has 0 aliphatic heterocycles. The van der Waals surface area contributed by atoms with Crippen LogP contribution in [0.4, 0.5) is 4.39 Å².